The molecule has 0 aliphatic rings. The zero-order chi connectivity index (χ0) is 18.9. The molecular weight excluding hydrogens is 350 g/mol. The molecule has 7 nitrogen and oxygen atoms in total. The Labute approximate surface area is 156 Å². The maximum Gasteiger partial charge on any atom is 0.327 e. The van der Waals surface area contributed by atoms with Crippen molar-refractivity contribution < 1.29 is 9.59 Å². The molecule has 0 saturated heterocycles. The van der Waals surface area contributed by atoms with Crippen LogP contribution in [0.5, 0.6) is 0 Å². The van der Waals surface area contributed by atoms with Crippen LogP contribution >= 0.6 is 12.2 Å². The first kappa shape index (κ1) is 19.1. The van der Waals surface area contributed by atoms with E-state index in [1.807, 2.05) is 37.3 Å². The molecule has 134 valence electrons. The molecule has 26 heavy (non-hydrogen) atoms. The fourth-order valence-corrected chi connectivity index (χ4v) is 2.35. The van der Waals surface area contributed by atoms with Gasteiger partial charge < -0.3 is 10.6 Å². The molecule has 0 saturated carbocycles. The molecule has 0 fully saturated rings. The number of amides is 2. The van der Waals surface area contributed by atoms with Gasteiger partial charge in [-0.15, -0.1) is 5.92 Å². The second-order valence-corrected chi connectivity index (χ2v) is 5.71. The third-order valence-electron chi connectivity index (χ3n) is 3.37. The number of nitrogens with one attached hydrogen (secondary N) is 4. The number of aromatic nitrogens is 1. The second kappa shape index (κ2) is 9.34. The van der Waals surface area contributed by atoms with E-state index in [9.17, 15) is 9.59 Å². The fraction of sp³-hybridized carbons (Fsp3) is 0.222. The van der Waals surface area contributed by atoms with Gasteiger partial charge >= 0.3 is 11.8 Å². The molecule has 1 aromatic heterocycles. The van der Waals surface area contributed by atoms with Crippen molar-refractivity contribution in [2.45, 2.75) is 20.4 Å². The average molecular weight is 369 g/mol. The van der Waals surface area contributed by atoms with Crippen LogP contribution in [-0.2, 0) is 16.1 Å². The van der Waals surface area contributed by atoms with Crippen molar-refractivity contribution in [3.8, 4) is 11.8 Å². The molecule has 2 aromatic rings. The zero-order valence-electron chi connectivity index (χ0n) is 14.5. The number of pyridine rings is 1. The van der Waals surface area contributed by atoms with Gasteiger partial charge in [0.1, 0.15) is 0 Å². The number of aryl methyl sites for hydroxylation is 1. The van der Waals surface area contributed by atoms with Gasteiger partial charge in [-0.25, -0.2) is 0 Å². The van der Waals surface area contributed by atoms with Crippen LogP contribution < -0.4 is 21.5 Å². The molecule has 0 unspecified atom stereocenters. The van der Waals surface area contributed by atoms with Crippen LogP contribution in [0.3, 0.4) is 0 Å². The number of carbonyl (C=O) groups excluding carboxylic acids is 2. The summed E-state index contributed by atoms with van der Waals surface area (Å²) in [4.78, 5) is 28.2. The third-order valence-corrected chi connectivity index (χ3v) is 3.62. The van der Waals surface area contributed by atoms with Gasteiger partial charge in [0.25, 0.3) is 0 Å². The van der Waals surface area contributed by atoms with E-state index in [0.29, 0.717) is 12.2 Å². The monoisotopic (exact) mass is 369 g/mol. The fourth-order valence-electron chi connectivity index (χ4n) is 2.22. The molecule has 1 heterocycles. The van der Waals surface area contributed by atoms with Crippen molar-refractivity contribution in [2.24, 2.45) is 0 Å². The summed E-state index contributed by atoms with van der Waals surface area (Å²) >= 11 is 4.93. The number of nitrogens with zero attached hydrogens (tertiary/aromatic N) is 1. The molecule has 0 bridgehead atoms. The summed E-state index contributed by atoms with van der Waals surface area (Å²) in [6.07, 6.45) is 0. The molecule has 0 atom stereocenters. The van der Waals surface area contributed by atoms with Crippen molar-refractivity contribution in [1.82, 2.24) is 26.5 Å². The molecule has 0 spiro atoms. The van der Waals surface area contributed by atoms with Crippen LogP contribution in [-0.4, -0.2) is 28.5 Å². The molecule has 4 N–H and O–H groups in total. The van der Waals surface area contributed by atoms with Crippen molar-refractivity contribution in [3.63, 3.8) is 0 Å². The Kier molecular flexibility index (Phi) is 6.88. The number of carbonyl (C=O) groups is 2. The Morgan fingerprint density at radius 2 is 1.92 bits per heavy atom. The van der Waals surface area contributed by atoms with Gasteiger partial charge in [0.2, 0.25) is 0 Å². The average Bonchev–Trinajstić information content (AvgIpc) is 2.63. The van der Waals surface area contributed by atoms with Gasteiger partial charge in [-0.05, 0) is 37.5 Å². The minimum Gasteiger partial charge on any atom is -0.350 e. The van der Waals surface area contributed by atoms with Gasteiger partial charge in [0, 0.05) is 11.1 Å². The Balaban J connectivity index is 1.89. The maximum absolute atomic E-state index is 11.9. The first-order chi connectivity index (χ1) is 12.5. The van der Waals surface area contributed by atoms with Crippen LogP contribution in [0.25, 0.3) is 10.8 Å². The number of hydrazine groups is 1. The zero-order valence-corrected chi connectivity index (χ0v) is 15.3. The van der Waals surface area contributed by atoms with E-state index >= 15 is 0 Å². The number of thiocarbonyl (C=S) groups is 1. The Bertz CT molecular complexity index is 901. The van der Waals surface area contributed by atoms with E-state index in [4.69, 9.17) is 12.2 Å². The van der Waals surface area contributed by atoms with E-state index in [-0.39, 0.29) is 11.7 Å². The van der Waals surface area contributed by atoms with Crippen molar-refractivity contribution in [2.75, 3.05) is 6.54 Å². The maximum atomic E-state index is 11.9. The molecule has 1 aromatic carbocycles. The SMILES string of the molecule is CC#CCNC(=S)NNC(=O)C(=O)NCc1nc(C)cc2ccccc12. The van der Waals surface area contributed by atoms with Crippen LogP contribution in [0.1, 0.15) is 18.3 Å². The molecule has 0 radical (unpaired) electrons. The lowest BCUT2D eigenvalue weighted by molar-refractivity contribution is -0.139. The summed E-state index contributed by atoms with van der Waals surface area (Å²) in [6.45, 7) is 4.07. The highest BCUT2D eigenvalue weighted by molar-refractivity contribution is 7.80. The standard InChI is InChI=1S/C18H19N5O2S/c1-3-4-9-19-18(26)23-22-17(25)16(24)20-11-15-14-8-6-5-7-13(14)10-12(2)21-15/h5-8,10H,9,11H2,1-2H3,(H,20,24)(H,22,25)(H2,19,23,26). The number of rotatable bonds is 3. The summed E-state index contributed by atoms with van der Waals surface area (Å²) < 4.78 is 0. The molecule has 2 rings (SSSR count). The number of benzene rings is 1. The molecular formula is C18H19N5O2S. The van der Waals surface area contributed by atoms with Crippen molar-refractivity contribution in [3.05, 3.63) is 41.7 Å². The van der Waals surface area contributed by atoms with Gasteiger partial charge in [0.05, 0.1) is 18.8 Å². The predicted molar refractivity (Wildman–Crippen MR) is 104 cm³/mol. The minimum absolute atomic E-state index is 0.142. The number of hydrogen-bond donors (Lipinski definition) is 4. The van der Waals surface area contributed by atoms with E-state index in [2.05, 4.69) is 38.3 Å². The quantitative estimate of drug-likeness (QED) is 0.275. The van der Waals surface area contributed by atoms with Gasteiger partial charge in [-0.2, -0.15) is 0 Å². The first-order valence-corrected chi connectivity index (χ1v) is 8.29. The van der Waals surface area contributed by atoms with Gasteiger partial charge in [-0.3, -0.25) is 25.4 Å². The smallest absolute Gasteiger partial charge is 0.327 e. The number of fused-ring (bicyclic) bond motifs is 1. The third kappa shape index (κ3) is 5.43. The van der Waals surface area contributed by atoms with E-state index < -0.39 is 11.8 Å². The Morgan fingerprint density at radius 3 is 2.69 bits per heavy atom. The minimum atomic E-state index is -0.854. The molecule has 0 aliphatic carbocycles. The van der Waals surface area contributed by atoms with Crippen molar-refractivity contribution in [1.29, 1.82) is 0 Å². The van der Waals surface area contributed by atoms with Gasteiger partial charge in [-0.1, -0.05) is 30.2 Å². The Morgan fingerprint density at radius 1 is 1.15 bits per heavy atom. The highest BCUT2D eigenvalue weighted by atomic mass is 32.1. The lowest BCUT2D eigenvalue weighted by atomic mass is 10.1. The number of hydrogen-bond acceptors (Lipinski definition) is 4. The molecule has 0 aliphatic heterocycles. The van der Waals surface area contributed by atoms with E-state index in [1.165, 1.54) is 0 Å². The largest absolute Gasteiger partial charge is 0.350 e. The topological polar surface area (TPSA) is 95.1 Å². The normalized spacial score (nSPS) is 9.62. The summed E-state index contributed by atoms with van der Waals surface area (Å²) in [7, 11) is 0. The summed E-state index contributed by atoms with van der Waals surface area (Å²) in [5.41, 5.74) is 6.19. The Hall–Kier alpha value is -3.18. The lowest BCUT2D eigenvalue weighted by Gasteiger charge is -2.11. The predicted octanol–water partition coefficient (Wildman–Crippen LogP) is 0.678. The summed E-state index contributed by atoms with van der Waals surface area (Å²) in [5, 5.41) is 7.43. The van der Waals surface area contributed by atoms with Crippen LogP contribution in [0.15, 0.2) is 30.3 Å². The van der Waals surface area contributed by atoms with Crippen LogP contribution in [0.4, 0.5) is 0 Å². The van der Waals surface area contributed by atoms with Crippen LogP contribution in [0, 0.1) is 18.8 Å². The highest BCUT2D eigenvalue weighted by Gasteiger charge is 2.14. The summed E-state index contributed by atoms with van der Waals surface area (Å²) in [6, 6.07) is 9.70. The second-order valence-electron chi connectivity index (χ2n) is 5.30. The highest BCUT2D eigenvalue weighted by Crippen LogP contribution is 2.18. The molecule has 2 amide bonds. The van der Waals surface area contributed by atoms with Gasteiger partial charge in [0.15, 0.2) is 5.11 Å². The van der Waals surface area contributed by atoms with E-state index in [0.717, 1.165) is 16.5 Å². The first-order valence-electron chi connectivity index (χ1n) is 7.88. The summed E-state index contributed by atoms with van der Waals surface area (Å²) in [5.74, 6) is 3.81. The van der Waals surface area contributed by atoms with Crippen LogP contribution in [0.2, 0.25) is 0 Å². The lowest BCUT2D eigenvalue weighted by Crippen LogP contribution is -2.51. The van der Waals surface area contributed by atoms with E-state index in [1.54, 1.807) is 6.92 Å². The van der Waals surface area contributed by atoms with Crippen molar-refractivity contribution >= 4 is 39.9 Å². The molecule has 8 heteroatoms.